The lowest BCUT2D eigenvalue weighted by atomic mass is 10.2. The lowest BCUT2D eigenvalue weighted by molar-refractivity contribution is -0.116. The van der Waals surface area contributed by atoms with Gasteiger partial charge in [0.25, 0.3) is 0 Å². The molecule has 5 nitrogen and oxygen atoms in total. The Labute approximate surface area is 133 Å². The Bertz CT molecular complexity index is 665. The van der Waals surface area contributed by atoms with Crippen molar-refractivity contribution in [2.45, 2.75) is 26.2 Å². The molecule has 0 aromatic heterocycles. The van der Waals surface area contributed by atoms with Crippen LogP contribution in [0.25, 0.3) is 0 Å². The van der Waals surface area contributed by atoms with E-state index in [1.807, 2.05) is 6.92 Å². The van der Waals surface area contributed by atoms with Gasteiger partial charge in [-0.2, -0.15) is 0 Å². The van der Waals surface area contributed by atoms with E-state index in [4.69, 9.17) is 0 Å². The Morgan fingerprint density at radius 2 is 1.83 bits per heavy atom. The van der Waals surface area contributed by atoms with E-state index in [9.17, 15) is 26.4 Å². The molecule has 0 spiro atoms. The topological polar surface area (TPSA) is 66.5 Å². The number of rotatable bonds is 8. The van der Waals surface area contributed by atoms with Gasteiger partial charge in [-0.15, -0.1) is 0 Å². The molecule has 130 valence electrons. The largest absolute Gasteiger partial charge is 0.323 e. The van der Waals surface area contributed by atoms with Crippen molar-refractivity contribution < 1.29 is 26.4 Å². The highest BCUT2D eigenvalue weighted by Gasteiger charge is 2.19. The first-order chi connectivity index (χ1) is 10.7. The van der Waals surface area contributed by atoms with Crippen molar-refractivity contribution in [2.75, 3.05) is 24.7 Å². The third kappa shape index (κ3) is 5.83. The molecule has 1 amide bonds. The van der Waals surface area contributed by atoms with Crippen LogP contribution in [0.15, 0.2) is 12.1 Å². The molecule has 0 saturated carbocycles. The summed E-state index contributed by atoms with van der Waals surface area (Å²) in [4.78, 5) is 11.8. The highest BCUT2D eigenvalue weighted by Crippen LogP contribution is 2.19. The average Bonchev–Trinajstić information content (AvgIpc) is 2.46. The van der Waals surface area contributed by atoms with Crippen LogP contribution in [-0.2, 0) is 14.8 Å². The third-order valence-corrected chi connectivity index (χ3v) is 4.43. The maximum absolute atomic E-state index is 13.4. The third-order valence-electron chi connectivity index (χ3n) is 3.13. The molecular weight excluding hydrogens is 333 g/mol. The lowest BCUT2D eigenvalue weighted by Gasteiger charge is -2.19. The van der Waals surface area contributed by atoms with Gasteiger partial charge in [0.2, 0.25) is 15.9 Å². The number of amides is 1. The zero-order chi connectivity index (χ0) is 17.6. The number of nitrogens with zero attached hydrogens (tertiary/aromatic N) is 1. The van der Waals surface area contributed by atoms with E-state index >= 15 is 0 Å². The first-order valence-corrected chi connectivity index (χ1v) is 8.90. The molecule has 9 heteroatoms. The Morgan fingerprint density at radius 3 is 2.39 bits per heavy atom. The van der Waals surface area contributed by atoms with Crippen LogP contribution >= 0.6 is 0 Å². The van der Waals surface area contributed by atoms with Gasteiger partial charge in [-0.25, -0.2) is 25.9 Å². The Morgan fingerprint density at radius 1 is 1.17 bits per heavy atom. The molecule has 23 heavy (non-hydrogen) atoms. The molecule has 0 aliphatic carbocycles. The van der Waals surface area contributed by atoms with Crippen LogP contribution in [0.3, 0.4) is 0 Å². The monoisotopic (exact) mass is 352 g/mol. The molecule has 1 rings (SSSR count). The zero-order valence-corrected chi connectivity index (χ0v) is 13.7. The van der Waals surface area contributed by atoms with Crippen LogP contribution < -0.4 is 5.32 Å². The number of halogens is 3. The first kappa shape index (κ1) is 19.4. The minimum Gasteiger partial charge on any atom is -0.323 e. The van der Waals surface area contributed by atoms with Gasteiger partial charge in [0.05, 0.1) is 11.9 Å². The smallest absolute Gasteiger partial charge is 0.225 e. The number of anilines is 1. The van der Waals surface area contributed by atoms with Gasteiger partial charge < -0.3 is 5.32 Å². The Kier molecular flexibility index (Phi) is 7.01. The Hall–Kier alpha value is -1.61. The standard InChI is InChI=1S/C14H19F3N2O3S/c1-3-4-8-19(23(2,21)22)9-7-12(20)18-11-6-5-10(15)13(16)14(11)17/h5-6H,3-4,7-9H2,1-2H3,(H,18,20). The summed E-state index contributed by atoms with van der Waals surface area (Å²) in [6, 6.07) is 1.59. The summed E-state index contributed by atoms with van der Waals surface area (Å²) < 4.78 is 63.6. The zero-order valence-electron chi connectivity index (χ0n) is 12.9. The highest BCUT2D eigenvalue weighted by molar-refractivity contribution is 7.88. The van der Waals surface area contributed by atoms with Crippen LogP contribution in [0.2, 0.25) is 0 Å². The number of carbonyl (C=O) groups excluding carboxylic acids is 1. The van der Waals surface area contributed by atoms with E-state index < -0.39 is 39.1 Å². The summed E-state index contributed by atoms with van der Waals surface area (Å²) >= 11 is 0. The summed E-state index contributed by atoms with van der Waals surface area (Å²) in [5, 5.41) is 2.10. The fourth-order valence-corrected chi connectivity index (χ4v) is 2.72. The van der Waals surface area contributed by atoms with E-state index in [-0.39, 0.29) is 19.5 Å². The normalized spacial score (nSPS) is 11.7. The average molecular weight is 352 g/mol. The predicted molar refractivity (Wildman–Crippen MR) is 80.9 cm³/mol. The van der Waals surface area contributed by atoms with E-state index in [0.717, 1.165) is 23.0 Å². The molecule has 0 aliphatic rings. The van der Waals surface area contributed by atoms with Crippen LogP contribution in [0.5, 0.6) is 0 Å². The molecule has 0 bridgehead atoms. The fraction of sp³-hybridized carbons (Fsp3) is 0.500. The van der Waals surface area contributed by atoms with E-state index in [1.165, 1.54) is 0 Å². The summed E-state index contributed by atoms with van der Waals surface area (Å²) in [6.07, 6.45) is 2.25. The summed E-state index contributed by atoms with van der Waals surface area (Å²) in [7, 11) is -3.46. The number of benzene rings is 1. The number of sulfonamides is 1. The Balaban J connectivity index is 2.68. The van der Waals surface area contributed by atoms with Crippen molar-refractivity contribution in [3.8, 4) is 0 Å². The number of hydrogen-bond donors (Lipinski definition) is 1. The maximum Gasteiger partial charge on any atom is 0.225 e. The molecule has 0 heterocycles. The minimum absolute atomic E-state index is 0.0734. The molecule has 1 N–H and O–H groups in total. The van der Waals surface area contributed by atoms with Crippen molar-refractivity contribution in [3.63, 3.8) is 0 Å². The fourth-order valence-electron chi connectivity index (χ4n) is 1.84. The minimum atomic E-state index is -3.46. The van der Waals surface area contributed by atoms with Crippen LogP contribution in [-0.4, -0.2) is 38.0 Å². The van der Waals surface area contributed by atoms with Gasteiger partial charge in [0.1, 0.15) is 0 Å². The maximum atomic E-state index is 13.4. The molecule has 1 aromatic carbocycles. The number of nitrogens with one attached hydrogen (secondary N) is 1. The van der Waals surface area contributed by atoms with Crippen LogP contribution in [0.4, 0.5) is 18.9 Å². The van der Waals surface area contributed by atoms with Crippen molar-refractivity contribution in [2.24, 2.45) is 0 Å². The molecule has 0 atom stereocenters. The van der Waals surface area contributed by atoms with Crippen LogP contribution in [0.1, 0.15) is 26.2 Å². The quantitative estimate of drug-likeness (QED) is 0.731. The highest BCUT2D eigenvalue weighted by atomic mass is 32.2. The van der Waals surface area contributed by atoms with Crippen LogP contribution in [0, 0.1) is 17.5 Å². The van der Waals surface area contributed by atoms with Gasteiger partial charge in [-0.05, 0) is 18.6 Å². The number of carbonyl (C=O) groups is 1. The van der Waals surface area contributed by atoms with Gasteiger partial charge in [-0.1, -0.05) is 13.3 Å². The van der Waals surface area contributed by atoms with Gasteiger partial charge in [-0.3, -0.25) is 4.79 Å². The summed E-state index contributed by atoms with van der Waals surface area (Å²) in [6.45, 7) is 2.11. The molecule has 0 radical (unpaired) electrons. The molecule has 0 fully saturated rings. The molecule has 0 saturated heterocycles. The van der Waals surface area contributed by atoms with Crippen molar-refractivity contribution in [3.05, 3.63) is 29.6 Å². The van der Waals surface area contributed by atoms with E-state index in [2.05, 4.69) is 5.32 Å². The molecular formula is C14H19F3N2O3S. The second kappa shape index (κ2) is 8.30. The predicted octanol–water partition coefficient (Wildman–Crippen LogP) is 2.49. The molecule has 0 unspecified atom stereocenters. The van der Waals surface area contributed by atoms with Crippen molar-refractivity contribution in [1.29, 1.82) is 0 Å². The number of hydrogen-bond acceptors (Lipinski definition) is 3. The van der Waals surface area contributed by atoms with Crippen molar-refractivity contribution in [1.82, 2.24) is 4.31 Å². The summed E-state index contributed by atoms with van der Waals surface area (Å²) in [5.74, 6) is -5.23. The van der Waals surface area contributed by atoms with Crippen molar-refractivity contribution >= 4 is 21.6 Å². The van der Waals surface area contributed by atoms with Gasteiger partial charge in [0, 0.05) is 19.5 Å². The lowest BCUT2D eigenvalue weighted by Crippen LogP contribution is -2.33. The molecule has 0 aliphatic heterocycles. The molecule has 1 aromatic rings. The second-order valence-electron chi connectivity index (χ2n) is 5.04. The van der Waals surface area contributed by atoms with Gasteiger partial charge in [0.15, 0.2) is 17.5 Å². The number of unbranched alkanes of at least 4 members (excludes halogenated alkanes) is 1. The van der Waals surface area contributed by atoms with E-state index in [1.54, 1.807) is 0 Å². The summed E-state index contributed by atoms with van der Waals surface area (Å²) in [5.41, 5.74) is -0.492. The first-order valence-electron chi connectivity index (χ1n) is 7.05. The second-order valence-corrected chi connectivity index (χ2v) is 7.02. The SMILES string of the molecule is CCCCN(CCC(=O)Nc1ccc(F)c(F)c1F)S(C)(=O)=O. The van der Waals surface area contributed by atoms with Gasteiger partial charge >= 0.3 is 0 Å². The van der Waals surface area contributed by atoms with E-state index in [0.29, 0.717) is 12.5 Å².